The van der Waals surface area contributed by atoms with E-state index >= 15 is 0 Å². The third-order valence-electron chi connectivity index (χ3n) is 4.66. The molecule has 1 saturated heterocycles. The van der Waals surface area contributed by atoms with E-state index in [9.17, 15) is 9.90 Å². The minimum atomic E-state index is -1.14. The van der Waals surface area contributed by atoms with E-state index in [4.69, 9.17) is 0 Å². The third-order valence-corrected chi connectivity index (χ3v) is 4.66. The number of aliphatic hydroxyl groups is 1. The molecule has 0 bridgehead atoms. The molecule has 5 nitrogen and oxygen atoms in total. The van der Waals surface area contributed by atoms with Gasteiger partial charge in [0.2, 0.25) is 5.91 Å². The van der Waals surface area contributed by atoms with Gasteiger partial charge in [-0.15, -0.1) is 0 Å². The van der Waals surface area contributed by atoms with Crippen molar-refractivity contribution in [3.8, 4) is 0 Å². The van der Waals surface area contributed by atoms with E-state index in [1.165, 1.54) is 0 Å². The first-order chi connectivity index (χ1) is 11.1. The standard InChI is InChI=1S/C18H23N3O2/c1-18(23,16-7-3-2-4-8-16)10-17(22)21-9-5-6-14(13-21)15-11-19-20-12-15/h2-4,7-8,11-12,14,23H,5-6,9-10,13H2,1H3,(H,19,20). The maximum absolute atomic E-state index is 12.6. The van der Waals surface area contributed by atoms with Crippen molar-refractivity contribution < 1.29 is 9.90 Å². The Kier molecular flexibility index (Phi) is 4.48. The van der Waals surface area contributed by atoms with Crippen molar-refractivity contribution in [1.82, 2.24) is 15.1 Å². The lowest BCUT2D eigenvalue weighted by atomic mass is 9.89. The number of benzene rings is 1. The van der Waals surface area contributed by atoms with Gasteiger partial charge in [0.25, 0.3) is 0 Å². The fraction of sp³-hybridized carbons (Fsp3) is 0.444. The van der Waals surface area contributed by atoms with E-state index in [1.54, 1.807) is 6.92 Å². The van der Waals surface area contributed by atoms with Crippen LogP contribution in [-0.4, -0.2) is 39.2 Å². The van der Waals surface area contributed by atoms with Crippen LogP contribution in [0.5, 0.6) is 0 Å². The summed E-state index contributed by atoms with van der Waals surface area (Å²) in [6, 6.07) is 9.38. The highest BCUT2D eigenvalue weighted by Crippen LogP contribution is 2.29. The molecule has 0 radical (unpaired) electrons. The van der Waals surface area contributed by atoms with Gasteiger partial charge in [0.1, 0.15) is 0 Å². The number of hydrogen-bond donors (Lipinski definition) is 2. The van der Waals surface area contributed by atoms with Crippen molar-refractivity contribution in [2.75, 3.05) is 13.1 Å². The van der Waals surface area contributed by atoms with Crippen LogP contribution in [0.2, 0.25) is 0 Å². The van der Waals surface area contributed by atoms with E-state index in [2.05, 4.69) is 10.2 Å². The van der Waals surface area contributed by atoms with Gasteiger partial charge in [-0.1, -0.05) is 30.3 Å². The van der Waals surface area contributed by atoms with E-state index in [0.29, 0.717) is 12.5 Å². The number of hydrogen-bond acceptors (Lipinski definition) is 3. The lowest BCUT2D eigenvalue weighted by molar-refractivity contribution is -0.137. The van der Waals surface area contributed by atoms with Crippen LogP contribution in [0.3, 0.4) is 0 Å². The molecule has 1 fully saturated rings. The number of H-pyrrole nitrogens is 1. The topological polar surface area (TPSA) is 69.2 Å². The molecule has 2 aromatic rings. The third kappa shape index (κ3) is 3.62. The van der Waals surface area contributed by atoms with Crippen LogP contribution in [0.4, 0.5) is 0 Å². The molecular formula is C18H23N3O2. The molecular weight excluding hydrogens is 290 g/mol. The predicted octanol–water partition coefficient (Wildman–Crippen LogP) is 2.41. The molecule has 2 N–H and O–H groups in total. The summed E-state index contributed by atoms with van der Waals surface area (Å²) in [7, 11) is 0. The number of aromatic nitrogens is 2. The summed E-state index contributed by atoms with van der Waals surface area (Å²) in [5.41, 5.74) is 0.787. The number of rotatable bonds is 4. The summed E-state index contributed by atoms with van der Waals surface area (Å²) >= 11 is 0. The minimum Gasteiger partial charge on any atom is -0.385 e. The van der Waals surface area contributed by atoms with E-state index in [-0.39, 0.29) is 12.3 Å². The van der Waals surface area contributed by atoms with Crippen molar-refractivity contribution in [3.05, 3.63) is 53.9 Å². The monoisotopic (exact) mass is 313 g/mol. The second kappa shape index (κ2) is 6.54. The summed E-state index contributed by atoms with van der Waals surface area (Å²) in [4.78, 5) is 14.5. The van der Waals surface area contributed by atoms with E-state index < -0.39 is 5.60 Å². The number of aromatic amines is 1. The Labute approximate surface area is 136 Å². The first kappa shape index (κ1) is 15.7. The maximum atomic E-state index is 12.6. The zero-order valence-electron chi connectivity index (χ0n) is 13.4. The van der Waals surface area contributed by atoms with Crippen molar-refractivity contribution in [1.29, 1.82) is 0 Å². The van der Waals surface area contributed by atoms with Crippen LogP contribution in [0.15, 0.2) is 42.7 Å². The number of nitrogens with one attached hydrogen (secondary N) is 1. The fourth-order valence-electron chi connectivity index (χ4n) is 3.27. The fourth-order valence-corrected chi connectivity index (χ4v) is 3.27. The molecule has 0 saturated carbocycles. The van der Waals surface area contributed by atoms with Crippen LogP contribution >= 0.6 is 0 Å². The Balaban J connectivity index is 1.66. The Morgan fingerprint density at radius 1 is 1.43 bits per heavy atom. The minimum absolute atomic E-state index is 0.00653. The average molecular weight is 313 g/mol. The summed E-state index contributed by atoms with van der Waals surface area (Å²) in [5, 5.41) is 17.5. The van der Waals surface area contributed by atoms with Crippen molar-refractivity contribution in [3.63, 3.8) is 0 Å². The molecule has 1 aliphatic heterocycles. The number of carbonyl (C=O) groups excluding carboxylic acids is 1. The first-order valence-corrected chi connectivity index (χ1v) is 8.10. The van der Waals surface area contributed by atoms with Crippen LogP contribution < -0.4 is 0 Å². The highest BCUT2D eigenvalue weighted by atomic mass is 16.3. The molecule has 122 valence electrons. The molecule has 5 heteroatoms. The van der Waals surface area contributed by atoms with Gasteiger partial charge in [-0.05, 0) is 30.9 Å². The van der Waals surface area contributed by atoms with Gasteiger partial charge < -0.3 is 10.0 Å². The summed E-state index contributed by atoms with van der Waals surface area (Å²) in [5.74, 6) is 0.333. The van der Waals surface area contributed by atoms with Gasteiger partial charge in [-0.2, -0.15) is 5.10 Å². The molecule has 1 aromatic heterocycles. The lowest BCUT2D eigenvalue weighted by Gasteiger charge is -2.34. The van der Waals surface area contributed by atoms with Crippen LogP contribution in [0.25, 0.3) is 0 Å². The summed E-state index contributed by atoms with van der Waals surface area (Å²) in [6.45, 7) is 3.17. The van der Waals surface area contributed by atoms with Crippen LogP contribution in [0, 0.1) is 0 Å². The van der Waals surface area contributed by atoms with Crippen molar-refractivity contribution in [2.45, 2.75) is 37.7 Å². The second-order valence-electron chi connectivity index (χ2n) is 6.53. The quantitative estimate of drug-likeness (QED) is 0.911. The zero-order chi connectivity index (χ0) is 16.3. The molecule has 1 amide bonds. The van der Waals surface area contributed by atoms with Crippen LogP contribution in [-0.2, 0) is 10.4 Å². The van der Waals surface area contributed by atoms with E-state index in [1.807, 2.05) is 47.6 Å². The van der Waals surface area contributed by atoms with Crippen molar-refractivity contribution >= 4 is 5.91 Å². The molecule has 2 unspecified atom stereocenters. The Hall–Kier alpha value is -2.14. The molecule has 0 spiro atoms. The van der Waals surface area contributed by atoms with E-state index in [0.717, 1.165) is 30.5 Å². The molecule has 1 aromatic carbocycles. The maximum Gasteiger partial charge on any atom is 0.225 e. The molecule has 2 heterocycles. The zero-order valence-corrected chi connectivity index (χ0v) is 13.4. The predicted molar refractivity (Wildman–Crippen MR) is 87.8 cm³/mol. The van der Waals surface area contributed by atoms with Gasteiger partial charge in [0, 0.05) is 25.2 Å². The Bertz CT molecular complexity index is 638. The Morgan fingerprint density at radius 2 is 2.22 bits per heavy atom. The highest BCUT2D eigenvalue weighted by Gasteiger charge is 2.31. The largest absolute Gasteiger partial charge is 0.385 e. The molecule has 2 atom stereocenters. The number of carbonyl (C=O) groups is 1. The normalized spacial score (nSPS) is 21.0. The van der Waals surface area contributed by atoms with Crippen molar-refractivity contribution in [2.24, 2.45) is 0 Å². The second-order valence-corrected chi connectivity index (χ2v) is 6.53. The van der Waals surface area contributed by atoms with Gasteiger partial charge in [-0.3, -0.25) is 9.89 Å². The highest BCUT2D eigenvalue weighted by molar-refractivity contribution is 5.77. The lowest BCUT2D eigenvalue weighted by Crippen LogP contribution is -2.42. The summed E-state index contributed by atoms with van der Waals surface area (Å²) in [6.07, 6.45) is 5.89. The average Bonchev–Trinajstić information content (AvgIpc) is 3.10. The van der Waals surface area contributed by atoms with Gasteiger partial charge in [-0.25, -0.2) is 0 Å². The van der Waals surface area contributed by atoms with Gasteiger partial charge >= 0.3 is 0 Å². The summed E-state index contributed by atoms with van der Waals surface area (Å²) < 4.78 is 0. The molecule has 1 aliphatic rings. The smallest absolute Gasteiger partial charge is 0.225 e. The molecule has 23 heavy (non-hydrogen) atoms. The first-order valence-electron chi connectivity index (χ1n) is 8.10. The van der Waals surface area contributed by atoms with Gasteiger partial charge in [0.15, 0.2) is 0 Å². The SMILES string of the molecule is CC(O)(CC(=O)N1CCCC(c2cn[nH]c2)C1)c1ccccc1. The number of piperidine rings is 1. The number of likely N-dealkylation sites (tertiary alicyclic amines) is 1. The molecule has 3 rings (SSSR count). The molecule has 0 aliphatic carbocycles. The van der Waals surface area contributed by atoms with Crippen LogP contribution in [0.1, 0.15) is 43.2 Å². The number of nitrogens with zero attached hydrogens (tertiary/aromatic N) is 2. The Morgan fingerprint density at radius 3 is 2.91 bits per heavy atom. The van der Waals surface area contributed by atoms with Gasteiger partial charge in [0.05, 0.1) is 18.2 Å². The number of amides is 1.